The van der Waals surface area contributed by atoms with Gasteiger partial charge in [-0.15, -0.1) is 0 Å². The third kappa shape index (κ3) is 4.51. The standard InChI is InChI=1S/C19H21BrN2O4S/c1-26-18-9-8-16(27(24,25)22-10-3-2-4-11-22)13-17(18)19(23)21-15-7-5-6-14(20)12-15/h5-9,12-13H,2-4,10-11H2,1H3,(H,21,23). The number of ether oxygens (including phenoxy) is 1. The Balaban J connectivity index is 1.92. The average molecular weight is 453 g/mol. The van der Waals surface area contributed by atoms with Crippen LogP contribution in [0.3, 0.4) is 0 Å². The molecule has 0 saturated carbocycles. The second-order valence-corrected chi connectivity index (χ2v) is 9.14. The number of sulfonamides is 1. The monoisotopic (exact) mass is 452 g/mol. The molecular formula is C19H21BrN2O4S. The molecule has 2 aromatic carbocycles. The van der Waals surface area contributed by atoms with E-state index in [9.17, 15) is 13.2 Å². The Morgan fingerprint density at radius 2 is 1.85 bits per heavy atom. The van der Waals surface area contributed by atoms with Crippen LogP contribution in [0.15, 0.2) is 51.8 Å². The van der Waals surface area contributed by atoms with Crippen molar-refractivity contribution in [1.82, 2.24) is 4.31 Å². The number of piperidine rings is 1. The molecule has 8 heteroatoms. The molecule has 1 N–H and O–H groups in total. The first-order valence-corrected chi connectivity index (χ1v) is 10.9. The predicted octanol–water partition coefficient (Wildman–Crippen LogP) is 3.88. The van der Waals surface area contributed by atoms with Gasteiger partial charge in [-0.25, -0.2) is 8.42 Å². The number of halogens is 1. The van der Waals surface area contributed by atoms with Gasteiger partial charge in [0.1, 0.15) is 5.75 Å². The van der Waals surface area contributed by atoms with Crippen molar-refractivity contribution in [2.45, 2.75) is 24.2 Å². The number of hydrogen-bond acceptors (Lipinski definition) is 4. The second kappa shape index (κ2) is 8.41. The summed E-state index contributed by atoms with van der Waals surface area (Å²) in [5.74, 6) is -0.110. The van der Waals surface area contributed by atoms with Crippen LogP contribution in [0.4, 0.5) is 5.69 Å². The van der Waals surface area contributed by atoms with Crippen LogP contribution in [0.25, 0.3) is 0 Å². The number of amides is 1. The van der Waals surface area contributed by atoms with Crippen molar-refractivity contribution >= 4 is 37.5 Å². The van der Waals surface area contributed by atoms with Crippen LogP contribution in [0.1, 0.15) is 29.6 Å². The smallest absolute Gasteiger partial charge is 0.259 e. The van der Waals surface area contributed by atoms with E-state index in [0.717, 1.165) is 23.7 Å². The van der Waals surface area contributed by atoms with E-state index in [0.29, 0.717) is 24.5 Å². The molecule has 144 valence electrons. The molecule has 27 heavy (non-hydrogen) atoms. The largest absolute Gasteiger partial charge is 0.496 e. The summed E-state index contributed by atoms with van der Waals surface area (Å²) in [5.41, 5.74) is 0.774. The van der Waals surface area contributed by atoms with Crippen LogP contribution in [0.5, 0.6) is 5.75 Å². The molecule has 1 heterocycles. The Labute approximate surface area is 167 Å². The van der Waals surface area contributed by atoms with Crippen molar-refractivity contribution in [3.63, 3.8) is 0 Å². The molecule has 0 atom stereocenters. The van der Waals surface area contributed by atoms with Crippen molar-refractivity contribution in [2.24, 2.45) is 0 Å². The van der Waals surface area contributed by atoms with Crippen LogP contribution >= 0.6 is 15.9 Å². The molecule has 0 aliphatic carbocycles. The molecule has 0 aromatic heterocycles. The fraction of sp³-hybridized carbons (Fsp3) is 0.316. The topological polar surface area (TPSA) is 75.7 Å². The molecule has 1 aliphatic rings. The summed E-state index contributed by atoms with van der Waals surface area (Å²) in [4.78, 5) is 12.8. The van der Waals surface area contributed by atoms with E-state index in [1.807, 2.05) is 6.07 Å². The van der Waals surface area contributed by atoms with Gasteiger partial charge in [-0.3, -0.25) is 4.79 Å². The Hall–Kier alpha value is -1.90. The molecule has 2 aromatic rings. The fourth-order valence-corrected chi connectivity index (χ4v) is 4.99. The number of rotatable bonds is 5. The Morgan fingerprint density at radius 1 is 1.11 bits per heavy atom. The lowest BCUT2D eigenvalue weighted by Gasteiger charge is -2.26. The van der Waals surface area contributed by atoms with Gasteiger partial charge >= 0.3 is 0 Å². The normalized spacial score (nSPS) is 15.3. The number of hydrogen-bond donors (Lipinski definition) is 1. The number of benzene rings is 2. The third-order valence-electron chi connectivity index (χ3n) is 4.45. The van der Waals surface area contributed by atoms with Gasteiger partial charge in [0, 0.05) is 23.2 Å². The molecule has 3 rings (SSSR count). The molecule has 0 spiro atoms. The van der Waals surface area contributed by atoms with Crippen LogP contribution in [-0.4, -0.2) is 38.8 Å². The molecule has 1 amide bonds. The van der Waals surface area contributed by atoms with Gasteiger partial charge in [0.15, 0.2) is 0 Å². The van der Waals surface area contributed by atoms with Gasteiger partial charge in [0.25, 0.3) is 5.91 Å². The zero-order chi connectivity index (χ0) is 19.4. The minimum Gasteiger partial charge on any atom is -0.496 e. The lowest BCUT2D eigenvalue weighted by Crippen LogP contribution is -2.35. The van der Waals surface area contributed by atoms with E-state index in [2.05, 4.69) is 21.2 Å². The Morgan fingerprint density at radius 3 is 2.52 bits per heavy atom. The van der Waals surface area contributed by atoms with Gasteiger partial charge in [-0.2, -0.15) is 4.31 Å². The number of carbonyl (C=O) groups excluding carboxylic acids is 1. The quantitative estimate of drug-likeness (QED) is 0.746. The van der Waals surface area contributed by atoms with E-state index in [1.54, 1.807) is 18.2 Å². The summed E-state index contributed by atoms with van der Waals surface area (Å²) in [6.07, 6.45) is 2.74. The molecule has 1 fully saturated rings. The SMILES string of the molecule is COc1ccc(S(=O)(=O)N2CCCCC2)cc1C(=O)Nc1cccc(Br)c1. The van der Waals surface area contributed by atoms with Crippen LogP contribution in [-0.2, 0) is 10.0 Å². The highest BCUT2D eigenvalue weighted by atomic mass is 79.9. The summed E-state index contributed by atoms with van der Waals surface area (Å²) in [6.45, 7) is 1.02. The molecule has 0 unspecified atom stereocenters. The Bertz CT molecular complexity index is 940. The zero-order valence-corrected chi connectivity index (χ0v) is 17.3. The minimum atomic E-state index is -3.63. The lowest BCUT2D eigenvalue weighted by atomic mass is 10.2. The average Bonchev–Trinajstić information content (AvgIpc) is 2.68. The maximum Gasteiger partial charge on any atom is 0.259 e. The molecule has 0 radical (unpaired) electrons. The van der Waals surface area contributed by atoms with Gasteiger partial charge < -0.3 is 10.1 Å². The molecule has 1 saturated heterocycles. The van der Waals surface area contributed by atoms with Crippen LogP contribution < -0.4 is 10.1 Å². The summed E-state index contributed by atoms with van der Waals surface area (Å²) in [7, 11) is -2.18. The number of methoxy groups -OCH3 is 1. The third-order valence-corrected chi connectivity index (χ3v) is 6.84. The summed E-state index contributed by atoms with van der Waals surface area (Å²) in [5, 5.41) is 2.77. The molecular weight excluding hydrogens is 432 g/mol. The highest BCUT2D eigenvalue weighted by Gasteiger charge is 2.27. The molecule has 1 aliphatic heterocycles. The first-order valence-electron chi connectivity index (χ1n) is 8.67. The summed E-state index contributed by atoms with van der Waals surface area (Å²) < 4.78 is 33.4. The Kier molecular flexibility index (Phi) is 6.18. The van der Waals surface area contributed by atoms with Crippen molar-refractivity contribution in [2.75, 3.05) is 25.5 Å². The van der Waals surface area contributed by atoms with Crippen LogP contribution in [0, 0.1) is 0 Å². The van der Waals surface area contributed by atoms with Gasteiger partial charge in [-0.05, 0) is 49.2 Å². The van der Waals surface area contributed by atoms with Crippen LogP contribution in [0.2, 0.25) is 0 Å². The lowest BCUT2D eigenvalue weighted by molar-refractivity contribution is 0.102. The molecule has 6 nitrogen and oxygen atoms in total. The van der Waals surface area contributed by atoms with E-state index in [-0.39, 0.29) is 10.5 Å². The first kappa shape index (κ1) is 19.9. The highest BCUT2D eigenvalue weighted by molar-refractivity contribution is 9.10. The first-order chi connectivity index (χ1) is 12.9. The fourth-order valence-electron chi connectivity index (χ4n) is 3.04. The van der Waals surface area contributed by atoms with E-state index < -0.39 is 15.9 Å². The van der Waals surface area contributed by atoms with Gasteiger partial charge in [0.2, 0.25) is 10.0 Å². The number of carbonyl (C=O) groups is 1. The summed E-state index contributed by atoms with van der Waals surface area (Å²) >= 11 is 3.36. The minimum absolute atomic E-state index is 0.101. The maximum absolute atomic E-state index is 12.9. The van der Waals surface area contributed by atoms with E-state index in [4.69, 9.17) is 4.74 Å². The zero-order valence-electron chi connectivity index (χ0n) is 14.9. The van der Waals surface area contributed by atoms with E-state index >= 15 is 0 Å². The number of nitrogens with zero attached hydrogens (tertiary/aromatic N) is 1. The van der Waals surface area contributed by atoms with Gasteiger partial charge in [-0.1, -0.05) is 28.4 Å². The van der Waals surface area contributed by atoms with Crippen molar-refractivity contribution in [3.8, 4) is 5.75 Å². The molecule has 0 bridgehead atoms. The summed E-state index contributed by atoms with van der Waals surface area (Å²) in [6, 6.07) is 11.6. The highest BCUT2D eigenvalue weighted by Crippen LogP contribution is 2.27. The van der Waals surface area contributed by atoms with Crippen molar-refractivity contribution in [3.05, 3.63) is 52.5 Å². The van der Waals surface area contributed by atoms with Gasteiger partial charge in [0.05, 0.1) is 17.6 Å². The number of nitrogens with one attached hydrogen (secondary N) is 1. The van der Waals surface area contributed by atoms with Crippen molar-refractivity contribution < 1.29 is 17.9 Å². The maximum atomic E-state index is 12.9. The van der Waals surface area contributed by atoms with Crippen molar-refractivity contribution in [1.29, 1.82) is 0 Å². The van der Waals surface area contributed by atoms with E-state index in [1.165, 1.54) is 29.6 Å². The second-order valence-electron chi connectivity index (χ2n) is 6.29. The predicted molar refractivity (Wildman–Crippen MR) is 108 cm³/mol. The number of anilines is 1.